The number of fused-ring (bicyclic) bond motifs is 4. The maximum Gasteiger partial charge on any atom is 0.260 e. The molecule has 0 aromatic heterocycles. The lowest BCUT2D eigenvalue weighted by atomic mass is 9.49. The second-order valence-electron chi connectivity index (χ2n) is 12.0. The van der Waals surface area contributed by atoms with Crippen molar-refractivity contribution in [2.75, 3.05) is 12.5 Å². The maximum absolute atomic E-state index is 15.0. The van der Waals surface area contributed by atoms with Crippen LogP contribution in [0.3, 0.4) is 0 Å². The number of nitrogens with zero attached hydrogens (tertiary/aromatic N) is 2. The Morgan fingerprint density at radius 2 is 1.61 bits per heavy atom. The Morgan fingerprint density at radius 1 is 0.886 bits per heavy atom. The van der Waals surface area contributed by atoms with E-state index in [1.807, 2.05) is 31.2 Å². The van der Waals surface area contributed by atoms with E-state index < -0.39 is 58.6 Å². The molecule has 3 fully saturated rings. The van der Waals surface area contributed by atoms with Gasteiger partial charge in [0.25, 0.3) is 23.6 Å². The van der Waals surface area contributed by atoms with Gasteiger partial charge in [-0.05, 0) is 55.5 Å². The third-order valence-corrected chi connectivity index (χ3v) is 9.92. The Kier molecular flexibility index (Phi) is 6.36. The van der Waals surface area contributed by atoms with Gasteiger partial charge in [-0.2, -0.15) is 10.1 Å². The Hall–Kier alpha value is -4.96. The molecule has 2 heterocycles. The molecule has 2 aliphatic heterocycles. The number of phenols is 1. The molecule has 6 atom stereocenters. The first kappa shape index (κ1) is 27.8. The number of hydrogen-bond donors (Lipinski definition) is 3. The minimum Gasteiger partial charge on any atom is -0.508 e. The van der Waals surface area contributed by atoms with Gasteiger partial charge in [0.05, 0.1) is 36.0 Å². The number of benzene rings is 3. The molecule has 0 radical (unpaired) electrons. The molecule has 2 saturated heterocycles. The molecular weight excluding hydrogens is 562 g/mol. The minimum atomic E-state index is -1.54. The number of phenolic OH excluding ortho intramolecular Hbond substituents is 1. The number of hydrazine groups is 1. The summed E-state index contributed by atoms with van der Waals surface area (Å²) in [5.41, 5.74) is 4.59. The predicted molar refractivity (Wildman–Crippen MR) is 157 cm³/mol. The second-order valence-corrected chi connectivity index (χ2v) is 12.0. The molecule has 7 rings (SSSR count). The molecule has 3 aromatic rings. The number of aromatic hydroxyl groups is 1. The largest absolute Gasteiger partial charge is 0.508 e. The van der Waals surface area contributed by atoms with Gasteiger partial charge in [0, 0.05) is 11.5 Å². The van der Waals surface area contributed by atoms with Gasteiger partial charge in [0.2, 0.25) is 0 Å². The lowest BCUT2D eigenvalue weighted by Crippen LogP contribution is -2.53. The number of carbonyl (C=O) groups excluding carboxylic acids is 4. The Labute approximate surface area is 253 Å². The number of hydrogen-bond acceptors (Lipinski definition) is 8. The number of allylic oxidation sites excluding steroid dienone is 2. The molecule has 10 heteroatoms. The van der Waals surface area contributed by atoms with Crippen LogP contribution in [-0.4, -0.2) is 51.1 Å². The molecule has 4 amide bonds. The van der Waals surface area contributed by atoms with E-state index in [4.69, 9.17) is 4.74 Å². The summed E-state index contributed by atoms with van der Waals surface area (Å²) >= 11 is 0. The summed E-state index contributed by atoms with van der Waals surface area (Å²) in [6.07, 6.45) is 2.09. The van der Waals surface area contributed by atoms with Crippen LogP contribution < -0.4 is 10.2 Å². The lowest BCUT2D eigenvalue weighted by molar-refractivity contribution is -0.173. The van der Waals surface area contributed by atoms with Gasteiger partial charge in [0.15, 0.2) is 0 Å². The summed E-state index contributed by atoms with van der Waals surface area (Å²) in [6.45, 7) is 1.94. The fourth-order valence-electron chi connectivity index (χ4n) is 8.05. The number of methoxy groups -OCH3 is 1. The van der Waals surface area contributed by atoms with E-state index in [-0.39, 0.29) is 23.7 Å². The first-order chi connectivity index (χ1) is 21.2. The molecule has 10 nitrogen and oxygen atoms in total. The number of amides is 4. The van der Waals surface area contributed by atoms with E-state index in [9.17, 15) is 24.7 Å². The van der Waals surface area contributed by atoms with Crippen LogP contribution in [0.4, 0.5) is 5.69 Å². The SMILES string of the molecule is COc1cccc(O)c1[C@H]1C2=CC[C@@H]3C(=O)N(O)C(=O)[C@@H]3[C@@H]2C[C@H]2C(=O)N(Nc3ccc(C)cc3)C(=O)[C@@]12c1ccccc1. The quantitative estimate of drug-likeness (QED) is 0.229. The van der Waals surface area contributed by atoms with Gasteiger partial charge < -0.3 is 9.84 Å². The van der Waals surface area contributed by atoms with Crippen molar-refractivity contribution in [2.45, 2.75) is 31.1 Å². The summed E-state index contributed by atoms with van der Waals surface area (Å²) < 4.78 is 5.74. The fraction of sp³-hybridized carbons (Fsp3) is 0.294. The average Bonchev–Trinajstić information content (AvgIpc) is 3.39. The number of ether oxygens (including phenoxy) is 1. The zero-order valence-electron chi connectivity index (χ0n) is 24.1. The summed E-state index contributed by atoms with van der Waals surface area (Å²) in [5, 5.41) is 23.0. The molecule has 4 aliphatic rings. The molecule has 44 heavy (non-hydrogen) atoms. The normalized spacial score (nSPS) is 29.2. The van der Waals surface area contributed by atoms with E-state index in [1.54, 1.807) is 48.5 Å². The molecule has 3 aromatic carbocycles. The minimum absolute atomic E-state index is 0.0812. The standard InChI is InChI=1S/C34H31N3O7/c1-18-11-13-20(14-12-18)35-36-31(40)24-17-23-21(15-16-22-27(23)32(41)37(43)30(22)39)29(28-25(38)9-6-10-26(28)44-2)34(24,33(36)42)19-7-4-3-5-8-19/h3-15,22-24,27,29,35,38,43H,16-17H2,1-2H3/t22-,23+,24-,27-,29+,34+/m0/s1. The first-order valence-corrected chi connectivity index (χ1v) is 14.6. The molecule has 0 unspecified atom stereocenters. The van der Waals surface area contributed by atoms with Crippen LogP contribution in [0, 0.1) is 30.6 Å². The number of aryl methyl sites for hydroxylation is 1. The van der Waals surface area contributed by atoms with Crippen molar-refractivity contribution in [1.29, 1.82) is 0 Å². The molecule has 1 saturated carbocycles. The van der Waals surface area contributed by atoms with Gasteiger partial charge >= 0.3 is 0 Å². The Bertz CT molecular complexity index is 1740. The van der Waals surface area contributed by atoms with E-state index >= 15 is 4.79 Å². The van der Waals surface area contributed by atoms with Crippen LogP contribution >= 0.6 is 0 Å². The van der Waals surface area contributed by atoms with Crippen molar-refractivity contribution in [3.8, 4) is 11.5 Å². The number of anilines is 1. The van der Waals surface area contributed by atoms with Crippen molar-refractivity contribution >= 4 is 29.3 Å². The summed E-state index contributed by atoms with van der Waals surface area (Å²) in [6, 6.07) is 21.1. The van der Waals surface area contributed by atoms with Crippen molar-refractivity contribution in [3.63, 3.8) is 0 Å². The van der Waals surface area contributed by atoms with Crippen LogP contribution in [-0.2, 0) is 24.6 Å². The topological polar surface area (TPSA) is 136 Å². The van der Waals surface area contributed by atoms with E-state index in [0.717, 1.165) is 10.6 Å². The zero-order chi connectivity index (χ0) is 30.9. The van der Waals surface area contributed by atoms with Crippen LogP contribution in [0.1, 0.15) is 35.4 Å². The average molecular weight is 594 g/mol. The van der Waals surface area contributed by atoms with Crippen molar-refractivity contribution in [3.05, 3.63) is 101 Å². The molecular formula is C34H31N3O7. The zero-order valence-corrected chi connectivity index (χ0v) is 24.1. The van der Waals surface area contributed by atoms with Crippen molar-refractivity contribution < 1.29 is 34.2 Å². The third-order valence-electron chi connectivity index (χ3n) is 9.92. The van der Waals surface area contributed by atoms with Gasteiger partial charge in [-0.1, -0.05) is 65.7 Å². The highest BCUT2D eigenvalue weighted by Crippen LogP contribution is 2.65. The van der Waals surface area contributed by atoms with Gasteiger partial charge in [-0.3, -0.25) is 29.8 Å². The number of carbonyl (C=O) groups is 4. The highest BCUT2D eigenvalue weighted by Gasteiger charge is 2.71. The van der Waals surface area contributed by atoms with Crippen molar-refractivity contribution in [1.82, 2.24) is 10.1 Å². The predicted octanol–water partition coefficient (Wildman–Crippen LogP) is 4.08. The first-order valence-electron chi connectivity index (χ1n) is 14.6. The molecule has 2 aliphatic carbocycles. The van der Waals surface area contributed by atoms with Crippen LogP contribution in [0.5, 0.6) is 11.5 Å². The summed E-state index contributed by atoms with van der Waals surface area (Å²) in [7, 11) is 1.46. The highest BCUT2D eigenvalue weighted by molar-refractivity contribution is 6.13. The van der Waals surface area contributed by atoms with E-state index in [1.165, 1.54) is 13.2 Å². The smallest absolute Gasteiger partial charge is 0.260 e. The monoisotopic (exact) mass is 593 g/mol. The summed E-state index contributed by atoms with van der Waals surface area (Å²) in [5.74, 6) is -6.50. The summed E-state index contributed by atoms with van der Waals surface area (Å²) in [4.78, 5) is 55.7. The fourth-order valence-corrected chi connectivity index (χ4v) is 8.05. The Balaban J connectivity index is 1.50. The van der Waals surface area contributed by atoms with Crippen LogP contribution in [0.25, 0.3) is 0 Å². The van der Waals surface area contributed by atoms with Crippen molar-refractivity contribution in [2.24, 2.45) is 23.7 Å². The second kappa shape index (κ2) is 10.1. The number of imide groups is 2. The number of hydroxylamine groups is 2. The molecule has 0 bridgehead atoms. The third kappa shape index (κ3) is 3.70. The molecule has 224 valence electrons. The molecule has 3 N–H and O–H groups in total. The number of nitrogens with one attached hydrogen (secondary N) is 1. The number of rotatable bonds is 5. The van der Waals surface area contributed by atoms with Gasteiger partial charge in [-0.25, -0.2) is 0 Å². The van der Waals surface area contributed by atoms with Crippen LogP contribution in [0.15, 0.2) is 84.4 Å². The van der Waals surface area contributed by atoms with Crippen LogP contribution in [0.2, 0.25) is 0 Å². The molecule has 0 spiro atoms. The Morgan fingerprint density at radius 3 is 2.32 bits per heavy atom. The van der Waals surface area contributed by atoms with Gasteiger partial charge in [-0.15, -0.1) is 0 Å². The highest BCUT2D eigenvalue weighted by atomic mass is 16.5. The van der Waals surface area contributed by atoms with E-state index in [2.05, 4.69) is 5.43 Å². The van der Waals surface area contributed by atoms with Gasteiger partial charge in [0.1, 0.15) is 11.5 Å². The lowest BCUT2D eigenvalue weighted by Gasteiger charge is -2.50. The maximum atomic E-state index is 15.0. The van der Waals surface area contributed by atoms with E-state index in [0.29, 0.717) is 28.1 Å².